The van der Waals surface area contributed by atoms with Gasteiger partial charge in [0.25, 0.3) is 0 Å². The van der Waals surface area contributed by atoms with Crippen LogP contribution in [0.4, 0.5) is 0 Å². The highest BCUT2D eigenvalue weighted by Crippen LogP contribution is 2.42. The average molecular weight is 346 g/mol. The number of ether oxygens (including phenoxy) is 2. The summed E-state index contributed by atoms with van der Waals surface area (Å²) in [7, 11) is 0. The van der Waals surface area contributed by atoms with Gasteiger partial charge in [-0.1, -0.05) is 6.92 Å². The molecule has 0 heterocycles. The van der Waals surface area contributed by atoms with E-state index in [1.54, 1.807) is 0 Å². The zero-order chi connectivity index (χ0) is 18.0. The molecule has 0 unspecified atom stereocenters. The molecule has 4 atom stereocenters. The third-order valence-corrected chi connectivity index (χ3v) is 4.12. The third-order valence-electron chi connectivity index (χ3n) is 3.68. The smallest absolute Gasteiger partial charge is 0.310 e. The second kappa shape index (κ2) is 7.43. The quantitative estimate of drug-likeness (QED) is 0.572. The van der Waals surface area contributed by atoms with Gasteiger partial charge in [-0.05, 0) is 65.9 Å². The van der Waals surface area contributed by atoms with Crippen molar-refractivity contribution in [3.8, 4) is 0 Å². The Morgan fingerprint density at radius 3 is 1.87 bits per heavy atom. The van der Waals surface area contributed by atoms with Crippen LogP contribution < -0.4 is 0 Å². The lowest BCUT2D eigenvalue weighted by Gasteiger charge is -2.28. The van der Waals surface area contributed by atoms with Gasteiger partial charge in [0, 0.05) is 6.26 Å². The van der Waals surface area contributed by atoms with Crippen LogP contribution in [0, 0.1) is 17.8 Å². The number of hydrogen-bond donors (Lipinski definition) is 0. The van der Waals surface area contributed by atoms with Crippen LogP contribution in [0.15, 0.2) is 0 Å². The Morgan fingerprint density at radius 1 is 0.957 bits per heavy atom. The van der Waals surface area contributed by atoms with E-state index < -0.39 is 23.0 Å². The van der Waals surface area contributed by atoms with Crippen LogP contribution in [0.3, 0.4) is 0 Å². The minimum atomic E-state index is -0.590. The molecule has 6 heteroatoms. The molecule has 1 aliphatic carbocycles. The van der Waals surface area contributed by atoms with E-state index in [4.69, 9.17) is 13.7 Å². The largest absolute Gasteiger partial charge is 0.460 e. The number of carbonyl (C=O) groups excluding carboxylic acids is 2. The van der Waals surface area contributed by atoms with Gasteiger partial charge in [0.2, 0.25) is 0 Å². The third kappa shape index (κ3) is 5.99. The molecule has 23 heavy (non-hydrogen) atoms. The highest BCUT2D eigenvalue weighted by atomic mass is 32.2. The van der Waals surface area contributed by atoms with Crippen LogP contribution >= 0.6 is 12.0 Å². The van der Waals surface area contributed by atoms with E-state index in [-0.39, 0.29) is 24.0 Å². The fraction of sp³-hybridized carbons (Fsp3) is 0.882. The second-order valence-corrected chi connectivity index (χ2v) is 8.62. The van der Waals surface area contributed by atoms with E-state index in [1.165, 1.54) is 12.0 Å². The maximum atomic E-state index is 12.6. The van der Waals surface area contributed by atoms with Gasteiger partial charge in [0.1, 0.15) is 11.2 Å². The Balaban J connectivity index is 2.99. The van der Waals surface area contributed by atoms with E-state index in [1.807, 2.05) is 54.7 Å². The van der Waals surface area contributed by atoms with E-state index in [9.17, 15) is 9.59 Å². The lowest BCUT2D eigenvalue weighted by atomic mass is 9.90. The molecule has 0 aliphatic heterocycles. The highest BCUT2D eigenvalue weighted by molar-refractivity contribution is 7.93. The molecule has 0 aromatic carbocycles. The van der Waals surface area contributed by atoms with Gasteiger partial charge in [-0.15, -0.1) is 0 Å². The predicted molar refractivity (Wildman–Crippen MR) is 90.8 cm³/mol. The van der Waals surface area contributed by atoms with Crippen molar-refractivity contribution in [1.29, 1.82) is 0 Å². The first-order valence-corrected chi connectivity index (χ1v) is 9.16. The van der Waals surface area contributed by atoms with Gasteiger partial charge in [-0.2, -0.15) is 0 Å². The molecule has 0 aromatic rings. The van der Waals surface area contributed by atoms with Crippen LogP contribution in [-0.2, 0) is 23.2 Å². The van der Waals surface area contributed by atoms with Gasteiger partial charge < -0.3 is 13.7 Å². The van der Waals surface area contributed by atoms with E-state index in [2.05, 4.69) is 0 Å². The van der Waals surface area contributed by atoms with Gasteiger partial charge in [0.05, 0.1) is 17.9 Å². The minimum absolute atomic E-state index is 0.102. The Hall–Kier alpha value is -0.750. The van der Waals surface area contributed by atoms with Crippen molar-refractivity contribution in [2.45, 2.75) is 72.2 Å². The van der Waals surface area contributed by atoms with Crippen LogP contribution in [0.1, 0.15) is 54.9 Å². The molecule has 0 N–H and O–H groups in total. The zero-order valence-electron chi connectivity index (χ0n) is 15.5. The van der Waals surface area contributed by atoms with Crippen molar-refractivity contribution in [3.05, 3.63) is 0 Å². The number of hydrogen-bond acceptors (Lipinski definition) is 6. The van der Waals surface area contributed by atoms with Crippen molar-refractivity contribution in [3.63, 3.8) is 0 Å². The molecular weight excluding hydrogens is 316 g/mol. The summed E-state index contributed by atoms with van der Waals surface area (Å²) in [5.74, 6) is -1.88. The van der Waals surface area contributed by atoms with E-state index >= 15 is 0 Å². The van der Waals surface area contributed by atoms with E-state index in [0.717, 1.165) is 0 Å². The number of rotatable bonds is 4. The Bertz CT molecular complexity index is 435. The number of esters is 2. The molecular formula is C17H30O5S. The van der Waals surface area contributed by atoms with Gasteiger partial charge in [0.15, 0.2) is 0 Å². The van der Waals surface area contributed by atoms with Crippen LogP contribution in [-0.4, -0.2) is 35.5 Å². The van der Waals surface area contributed by atoms with Crippen LogP contribution in [0.5, 0.6) is 0 Å². The van der Waals surface area contributed by atoms with Crippen molar-refractivity contribution in [1.82, 2.24) is 0 Å². The fourth-order valence-electron chi connectivity index (χ4n) is 2.83. The Morgan fingerprint density at radius 2 is 1.43 bits per heavy atom. The van der Waals surface area contributed by atoms with Crippen molar-refractivity contribution < 1.29 is 23.2 Å². The summed E-state index contributed by atoms with van der Waals surface area (Å²) >= 11 is 1.25. The van der Waals surface area contributed by atoms with Crippen molar-refractivity contribution >= 4 is 24.0 Å². The molecule has 1 aliphatic rings. The first-order chi connectivity index (χ1) is 10.4. The van der Waals surface area contributed by atoms with Crippen LogP contribution in [0.2, 0.25) is 0 Å². The fourth-order valence-corrected chi connectivity index (χ4v) is 3.33. The first kappa shape index (κ1) is 20.3. The molecule has 0 amide bonds. The number of carbonyl (C=O) groups is 2. The summed E-state index contributed by atoms with van der Waals surface area (Å²) in [5.41, 5.74) is -1.18. The van der Waals surface area contributed by atoms with Gasteiger partial charge in [-0.25, -0.2) is 0 Å². The molecule has 0 bridgehead atoms. The predicted octanol–water partition coefficient (Wildman–Crippen LogP) is 3.61. The molecule has 134 valence electrons. The van der Waals surface area contributed by atoms with E-state index in [0.29, 0.717) is 6.42 Å². The standard InChI is InChI=1S/C17H30O5S/c1-10-12(22-23-8)9-11(14(18)20-16(2,3)4)13(10)15(19)21-17(5,6)7/h10-13H,9H2,1-8H3/t10-,11+,12+,13-/m1/s1. The summed E-state index contributed by atoms with van der Waals surface area (Å²) in [6.45, 7) is 12.9. The summed E-state index contributed by atoms with van der Waals surface area (Å²) in [5, 5.41) is 0. The maximum absolute atomic E-state index is 12.6. The monoisotopic (exact) mass is 346 g/mol. The lowest BCUT2D eigenvalue weighted by Crippen LogP contribution is -2.38. The first-order valence-electron chi connectivity index (χ1n) is 8.01. The highest BCUT2D eigenvalue weighted by Gasteiger charge is 2.51. The zero-order valence-corrected chi connectivity index (χ0v) is 16.3. The normalized spacial score (nSPS) is 28.5. The Kier molecular flexibility index (Phi) is 6.55. The van der Waals surface area contributed by atoms with Gasteiger partial charge >= 0.3 is 11.9 Å². The topological polar surface area (TPSA) is 61.8 Å². The lowest BCUT2D eigenvalue weighted by molar-refractivity contribution is -0.172. The summed E-state index contributed by atoms with van der Waals surface area (Å²) in [4.78, 5) is 25.2. The average Bonchev–Trinajstić information content (AvgIpc) is 2.63. The second-order valence-electron chi connectivity index (χ2n) is 8.10. The summed E-state index contributed by atoms with van der Waals surface area (Å²) < 4.78 is 16.7. The molecule has 1 saturated carbocycles. The minimum Gasteiger partial charge on any atom is -0.460 e. The molecule has 5 nitrogen and oxygen atoms in total. The van der Waals surface area contributed by atoms with Gasteiger partial charge in [-0.3, -0.25) is 9.59 Å². The molecule has 0 aromatic heterocycles. The molecule has 1 rings (SSSR count). The van der Waals surface area contributed by atoms with Crippen molar-refractivity contribution in [2.24, 2.45) is 17.8 Å². The summed E-state index contributed by atoms with van der Waals surface area (Å²) in [6, 6.07) is 0. The molecule has 0 saturated heterocycles. The van der Waals surface area contributed by atoms with Crippen LogP contribution in [0.25, 0.3) is 0 Å². The SMILES string of the molecule is CSO[C@H]1C[C@H](C(=O)OC(C)(C)C)[C@H](C(=O)OC(C)(C)C)[C@@H]1C. The van der Waals surface area contributed by atoms with Crippen molar-refractivity contribution in [2.75, 3.05) is 6.26 Å². The maximum Gasteiger partial charge on any atom is 0.310 e. The molecule has 0 radical (unpaired) electrons. The summed E-state index contributed by atoms with van der Waals surface area (Å²) in [6.07, 6.45) is 2.14. The molecule has 0 spiro atoms. The molecule has 1 fully saturated rings. The Labute approximate surface area is 144 Å².